The van der Waals surface area contributed by atoms with Gasteiger partial charge >= 0.3 is 0 Å². The lowest BCUT2D eigenvalue weighted by molar-refractivity contribution is 0.587. The molecule has 0 unspecified atom stereocenters. The van der Waals surface area contributed by atoms with Crippen LogP contribution in [-0.2, 0) is 4.57 Å². The van der Waals surface area contributed by atoms with E-state index in [1.54, 1.807) is 25.5 Å². The zero-order chi connectivity index (χ0) is 11.5. The van der Waals surface area contributed by atoms with Gasteiger partial charge in [0.1, 0.15) is 13.0 Å². The Morgan fingerprint density at radius 3 is 2.67 bits per heavy atom. The summed E-state index contributed by atoms with van der Waals surface area (Å²) in [6, 6.07) is 4.50. The van der Waals surface area contributed by atoms with E-state index in [-0.39, 0.29) is 6.54 Å². The van der Waals surface area contributed by atoms with E-state index in [1.165, 1.54) is 6.07 Å². The van der Waals surface area contributed by atoms with Crippen molar-refractivity contribution in [3.05, 3.63) is 24.0 Å². The first-order valence-electron chi connectivity index (χ1n) is 4.47. The highest BCUT2D eigenvalue weighted by molar-refractivity contribution is 7.70. The van der Waals surface area contributed by atoms with Gasteiger partial charge in [-0.15, -0.1) is 6.42 Å². The molecule has 1 rings (SSSR count). The fraction of sp³-hybridized carbons (Fsp3) is 0.273. The molecular weight excluding hydrogens is 212 g/mol. The Balaban J connectivity index is 3.00. The first-order valence-corrected chi connectivity index (χ1v) is 7.07. The highest BCUT2D eigenvalue weighted by atomic mass is 31.2. The molecule has 0 amide bonds. The third kappa shape index (κ3) is 3.11. The fourth-order valence-electron chi connectivity index (χ4n) is 1.13. The maximum atomic E-state index is 13.5. The monoisotopic (exact) mass is 225 g/mol. The molecule has 0 heterocycles. The highest BCUT2D eigenvalue weighted by Gasteiger charge is 2.13. The van der Waals surface area contributed by atoms with Crippen LogP contribution in [0, 0.1) is 18.2 Å². The van der Waals surface area contributed by atoms with Crippen molar-refractivity contribution in [1.29, 1.82) is 0 Å². The lowest BCUT2D eigenvalue weighted by Crippen LogP contribution is -2.07. The van der Waals surface area contributed by atoms with E-state index in [2.05, 4.69) is 11.2 Å². The van der Waals surface area contributed by atoms with Gasteiger partial charge in [-0.3, -0.25) is 0 Å². The lowest BCUT2D eigenvalue weighted by atomic mass is 10.3. The molecule has 0 radical (unpaired) electrons. The third-order valence-electron chi connectivity index (χ3n) is 1.96. The van der Waals surface area contributed by atoms with Crippen molar-refractivity contribution in [2.24, 2.45) is 0 Å². The number of hydrogen-bond donors (Lipinski definition) is 1. The predicted molar refractivity (Wildman–Crippen MR) is 62.8 cm³/mol. The molecule has 0 aliphatic carbocycles. The molecule has 0 saturated heterocycles. The lowest BCUT2D eigenvalue weighted by Gasteiger charge is -2.09. The van der Waals surface area contributed by atoms with E-state index in [9.17, 15) is 8.96 Å². The van der Waals surface area contributed by atoms with Crippen LogP contribution in [0.15, 0.2) is 18.2 Å². The van der Waals surface area contributed by atoms with Gasteiger partial charge in [-0.2, -0.15) is 0 Å². The van der Waals surface area contributed by atoms with Crippen LogP contribution in [0.1, 0.15) is 0 Å². The number of rotatable bonds is 3. The molecular formula is C11H13FNOP. The zero-order valence-electron chi connectivity index (χ0n) is 8.75. The van der Waals surface area contributed by atoms with Gasteiger partial charge < -0.3 is 9.88 Å². The average molecular weight is 225 g/mol. The molecule has 15 heavy (non-hydrogen) atoms. The molecule has 0 aliphatic rings. The molecule has 0 saturated carbocycles. The summed E-state index contributed by atoms with van der Waals surface area (Å²) in [5.74, 6) is 1.93. The second kappa shape index (κ2) is 4.51. The number of hydrogen-bond acceptors (Lipinski definition) is 2. The summed E-state index contributed by atoms with van der Waals surface area (Å²) in [7, 11) is -2.40. The normalized spacial score (nSPS) is 10.8. The molecule has 0 fully saturated rings. The van der Waals surface area contributed by atoms with Crippen molar-refractivity contribution in [1.82, 2.24) is 0 Å². The maximum absolute atomic E-state index is 13.5. The van der Waals surface area contributed by atoms with E-state index >= 15 is 0 Å². The molecule has 0 aromatic heterocycles. The van der Waals surface area contributed by atoms with Crippen molar-refractivity contribution < 1.29 is 8.96 Å². The molecule has 0 atom stereocenters. The zero-order valence-corrected chi connectivity index (χ0v) is 9.64. The van der Waals surface area contributed by atoms with Crippen molar-refractivity contribution in [3.63, 3.8) is 0 Å². The Kier molecular flexibility index (Phi) is 3.55. The molecule has 1 aromatic rings. The van der Waals surface area contributed by atoms with Gasteiger partial charge in [0.2, 0.25) is 0 Å². The van der Waals surface area contributed by atoms with Gasteiger partial charge in [0.25, 0.3) is 0 Å². The second-order valence-electron chi connectivity index (χ2n) is 3.57. The van der Waals surface area contributed by atoms with E-state index in [4.69, 9.17) is 6.42 Å². The minimum absolute atomic E-state index is 0.270. The van der Waals surface area contributed by atoms with E-state index in [1.807, 2.05) is 0 Å². The van der Waals surface area contributed by atoms with Crippen molar-refractivity contribution in [3.8, 4) is 12.3 Å². The van der Waals surface area contributed by atoms with Crippen LogP contribution in [0.5, 0.6) is 0 Å². The topological polar surface area (TPSA) is 29.1 Å². The van der Waals surface area contributed by atoms with Crippen LogP contribution in [0.3, 0.4) is 0 Å². The number of benzene rings is 1. The number of terminal acetylenes is 1. The summed E-state index contributed by atoms with van der Waals surface area (Å²) in [5.41, 5.74) is 0.338. The Morgan fingerprint density at radius 2 is 2.20 bits per heavy atom. The molecule has 0 bridgehead atoms. The van der Waals surface area contributed by atoms with Gasteiger partial charge in [0.15, 0.2) is 0 Å². The molecule has 1 N–H and O–H groups in total. The van der Waals surface area contributed by atoms with Gasteiger partial charge in [-0.05, 0) is 31.5 Å². The van der Waals surface area contributed by atoms with E-state index < -0.39 is 13.0 Å². The van der Waals surface area contributed by atoms with E-state index in [0.717, 1.165) is 0 Å². The van der Waals surface area contributed by atoms with Crippen LogP contribution >= 0.6 is 7.14 Å². The van der Waals surface area contributed by atoms with Gasteiger partial charge in [0, 0.05) is 5.30 Å². The van der Waals surface area contributed by atoms with Crippen LogP contribution in [0.4, 0.5) is 10.1 Å². The molecule has 0 spiro atoms. The first kappa shape index (κ1) is 11.8. The van der Waals surface area contributed by atoms with Gasteiger partial charge in [-0.25, -0.2) is 4.39 Å². The largest absolute Gasteiger partial charge is 0.372 e. The smallest absolute Gasteiger partial charge is 0.147 e. The summed E-state index contributed by atoms with van der Waals surface area (Å²) < 4.78 is 25.1. The van der Waals surface area contributed by atoms with Crippen molar-refractivity contribution in [2.45, 2.75) is 0 Å². The number of anilines is 1. The average Bonchev–Trinajstić information content (AvgIpc) is 2.14. The number of nitrogens with one attached hydrogen (secondary N) is 1. The maximum Gasteiger partial charge on any atom is 0.147 e. The van der Waals surface area contributed by atoms with Gasteiger partial charge in [0.05, 0.1) is 12.2 Å². The van der Waals surface area contributed by atoms with Crippen molar-refractivity contribution in [2.75, 3.05) is 25.2 Å². The number of halogens is 1. The van der Waals surface area contributed by atoms with Gasteiger partial charge in [-0.1, -0.05) is 5.92 Å². The molecule has 80 valence electrons. The van der Waals surface area contributed by atoms with Crippen LogP contribution in [-0.4, -0.2) is 19.9 Å². The summed E-state index contributed by atoms with van der Waals surface area (Å²) in [6.45, 7) is 3.48. The standard InChI is InChI=1S/C11H13FNOP/c1-4-7-13-11-6-5-9(8-10(11)12)15(2,3)14/h1,5-6,8,13H,7H2,2-3H3. The quantitative estimate of drug-likeness (QED) is 0.630. The molecule has 1 aromatic carbocycles. The van der Waals surface area contributed by atoms with Crippen LogP contribution < -0.4 is 10.6 Å². The third-order valence-corrected chi connectivity index (χ3v) is 3.48. The van der Waals surface area contributed by atoms with Crippen LogP contribution in [0.2, 0.25) is 0 Å². The predicted octanol–water partition coefficient (Wildman–Crippen LogP) is 2.12. The van der Waals surface area contributed by atoms with Crippen molar-refractivity contribution >= 4 is 18.1 Å². The fourth-order valence-corrected chi connectivity index (χ4v) is 1.99. The van der Waals surface area contributed by atoms with Crippen LogP contribution in [0.25, 0.3) is 0 Å². The minimum atomic E-state index is -2.40. The summed E-state index contributed by atoms with van der Waals surface area (Å²) in [4.78, 5) is 0. The SMILES string of the molecule is C#CCNc1ccc(P(C)(C)=O)cc1F. The Morgan fingerprint density at radius 1 is 1.53 bits per heavy atom. The molecule has 2 nitrogen and oxygen atoms in total. The summed E-state index contributed by atoms with van der Waals surface area (Å²) in [6.07, 6.45) is 5.05. The minimum Gasteiger partial charge on any atom is -0.372 e. The highest BCUT2D eigenvalue weighted by Crippen LogP contribution is 2.35. The van der Waals surface area contributed by atoms with E-state index in [0.29, 0.717) is 11.0 Å². The Hall–Kier alpha value is -1.26. The second-order valence-corrected chi connectivity index (χ2v) is 6.79. The Labute approximate surface area is 89.3 Å². The Bertz CT molecular complexity index is 444. The summed E-state index contributed by atoms with van der Waals surface area (Å²) >= 11 is 0. The molecule has 4 heteroatoms. The summed E-state index contributed by atoms with van der Waals surface area (Å²) in [5, 5.41) is 3.27. The first-order chi connectivity index (χ1) is 6.95. The molecule has 0 aliphatic heterocycles.